The van der Waals surface area contributed by atoms with Gasteiger partial charge >= 0.3 is 0 Å². The van der Waals surface area contributed by atoms with Crippen LogP contribution in [0.4, 0.5) is 0 Å². The van der Waals surface area contributed by atoms with Crippen LogP contribution in [-0.2, 0) is 6.42 Å². The summed E-state index contributed by atoms with van der Waals surface area (Å²) < 4.78 is 0. The number of para-hydroxylation sites is 1. The van der Waals surface area contributed by atoms with E-state index in [2.05, 4.69) is 32.4 Å². The summed E-state index contributed by atoms with van der Waals surface area (Å²) >= 11 is 8.15. The summed E-state index contributed by atoms with van der Waals surface area (Å²) in [6.45, 7) is 2.11. The Morgan fingerprint density at radius 2 is 1.88 bits per heavy atom. The van der Waals surface area contributed by atoms with Gasteiger partial charge in [0, 0.05) is 31.8 Å². The molecule has 0 saturated heterocycles. The first kappa shape index (κ1) is 26.5. The molecule has 0 aliphatic heterocycles. The summed E-state index contributed by atoms with van der Waals surface area (Å²) in [7, 11) is 0. The topological polar surface area (TPSA) is 104 Å². The number of aryl methyl sites for hydroxylation is 1. The second-order valence-corrected chi connectivity index (χ2v) is 11.9. The Bertz CT molecular complexity index is 1620. The molecule has 0 radical (unpaired) electrons. The number of H-pyrrole nitrogens is 2. The molecule has 0 bridgehead atoms. The number of rotatable bonds is 8. The van der Waals surface area contributed by atoms with Crippen molar-refractivity contribution in [2.45, 2.75) is 51.0 Å². The number of amides is 1. The minimum atomic E-state index is -0.425. The number of hydrogen-bond acceptors (Lipinski definition) is 5. The molecule has 3 aromatic heterocycles. The largest absolute Gasteiger partial charge is 0.351 e. The predicted molar refractivity (Wildman–Crippen MR) is 158 cm³/mol. The Morgan fingerprint density at radius 1 is 1.07 bits per heavy atom. The molecule has 1 amide bonds. The van der Waals surface area contributed by atoms with Gasteiger partial charge in [0.05, 0.1) is 11.1 Å². The van der Waals surface area contributed by atoms with E-state index in [9.17, 15) is 9.59 Å². The van der Waals surface area contributed by atoms with Crippen molar-refractivity contribution in [3.8, 4) is 0 Å². The van der Waals surface area contributed by atoms with E-state index < -0.39 is 6.04 Å². The third kappa shape index (κ3) is 5.09. The highest BCUT2D eigenvalue weighted by Gasteiger charge is 2.39. The highest BCUT2D eigenvalue weighted by Crippen LogP contribution is 2.47. The first-order valence-corrected chi connectivity index (χ1v) is 14.9. The Labute approximate surface area is 241 Å². The number of fused-ring (bicyclic) bond motifs is 1. The smallest absolute Gasteiger partial charge is 0.268 e. The molecule has 9 heteroatoms. The van der Waals surface area contributed by atoms with Gasteiger partial charge in [-0.05, 0) is 61.4 Å². The van der Waals surface area contributed by atoms with Crippen molar-refractivity contribution < 1.29 is 9.59 Å². The van der Waals surface area contributed by atoms with Crippen LogP contribution in [0.25, 0.3) is 10.9 Å². The first-order valence-electron chi connectivity index (χ1n) is 13.7. The molecule has 3 heterocycles. The lowest BCUT2D eigenvalue weighted by molar-refractivity contribution is 0.0896. The van der Waals surface area contributed by atoms with Crippen LogP contribution in [0.1, 0.15) is 86.6 Å². The molecule has 1 aliphatic rings. The highest BCUT2D eigenvalue weighted by atomic mass is 35.5. The van der Waals surface area contributed by atoms with Gasteiger partial charge in [-0.15, -0.1) is 11.3 Å². The molecule has 40 heavy (non-hydrogen) atoms. The third-order valence-electron chi connectivity index (χ3n) is 7.88. The van der Waals surface area contributed by atoms with Crippen LogP contribution in [-0.4, -0.2) is 31.9 Å². The summed E-state index contributed by atoms with van der Waals surface area (Å²) in [5.74, 6) is 0.360. The Kier molecular flexibility index (Phi) is 7.54. The summed E-state index contributed by atoms with van der Waals surface area (Å²) in [5.41, 5.74) is 2.62. The number of nitrogens with zero attached hydrogens (tertiary/aromatic N) is 2. The average Bonchev–Trinajstić information content (AvgIpc) is 3.75. The maximum absolute atomic E-state index is 13.8. The second kappa shape index (κ2) is 11.4. The fraction of sp³-hybridized carbons (Fsp3) is 0.290. The standard InChI is InChI=1S/C31H30ClN5O2S/c1-2-19-16-23(28(38)22-12-6-7-13-24(22)32)29(40-19)21-11-5-4-10-20(21)27(30-33-17-34-37-30)36-31(39)26-15-18-9-3-8-14-25(18)35-26/h3,6-9,12-17,20-21,27,35H,2,4-5,10-11H2,1H3,(H,36,39)(H,33,34,37). The number of ketones is 1. The van der Waals surface area contributed by atoms with Crippen molar-refractivity contribution in [2.24, 2.45) is 5.92 Å². The number of nitrogens with one attached hydrogen (secondary N) is 3. The number of carbonyl (C=O) groups excluding carboxylic acids is 2. The van der Waals surface area contributed by atoms with Crippen molar-refractivity contribution in [1.29, 1.82) is 0 Å². The summed E-state index contributed by atoms with van der Waals surface area (Å²) in [6.07, 6.45) is 6.27. The lowest BCUT2D eigenvalue weighted by Gasteiger charge is -2.36. The molecule has 3 unspecified atom stereocenters. The lowest BCUT2D eigenvalue weighted by atomic mass is 9.73. The Balaban J connectivity index is 1.37. The SMILES string of the molecule is CCc1cc(C(=O)c2ccccc2Cl)c(C2CCCCC2C(NC(=O)c2cc3ccccc3[nH]2)c2nc[nH]n2)s1. The van der Waals surface area contributed by atoms with Gasteiger partial charge in [-0.25, -0.2) is 4.98 Å². The van der Waals surface area contributed by atoms with E-state index in [1.54, 1.807) is 29.8 Å². The maximum atomic E-state index is 13.8. The number of hydrogen-bond donors (Lipinski definition) is 3. The molecule has 3 N–H and O–H groups in total. The Morgan fingerprint density at radius 3 is 2.65 bits per heavy atom. The normalized spacial score (nSPS) is 18.1. The van der Waals surface area contributed by atoms with Crippen molar-refractivity contribution in [2.75, 3.05) is 0 Å². The zero-order chi connectivity index (χ0) is 27.6. The molecular formula is C31H30ClN5O2S. The molecule has 2 aromatic carbocycles. The average molecular weight is 572 g/mol. The van der Waals surface area contributed by atoms with Crippen molar-refractivity contribution in [1.82, 2.24) is 25.5 Å². The van der Waals surface area contributed by atoms with Crippen LogP contribution in [0.2, 0.25) is 5.02 Å². The highest BCUT2D eigenvalue weighted by molar-refractivity contribution is 7.12. The van der Waals surface area contributed by atoms with E-state index in [4.69, 9.17) is 11.6 Å². The van der Waals surface area contributed by atoms with Gasteiger partial charge in [-0.1, -0.05) is 61.7 Å². The van der Waals surface area contributed by atoms with Crippen LogP contribution in [0.3, 0.4) is 0 Å². The molecule has 1 saturated carbocycles. The number of halogens is 1. The van der Waals surface area contributed by atoms with Crippen LogP contribution >= 0.6 is 22.9 Å². The fourth-order valence-corrected chi connectivity index (χ4v) is 7.44. The zero-order valence-electron chi connectivity index (χ0n) is 22.1. The second-order valence-electron chi connectivity index (χ2n) is 10.3. The van der Waals surface area contributed by atoms with Crippen molar-refractivity contribution in [3.05, 3.63) is 104 Å². The van der Waals surface area contributed by atoms with E-state index in [-0.39, 0.29) is 23.5 Å². The molecular weight excluding hydrogens is 542 g/mol. The van der Waals surface area contributed by atoms with Gasteiger partial charge < -0.3 is 10.3 Å². The quantitative estimate of drug-likeness (QED) is 0.171. The minimum Gasteiger partial charge on any atom is -0.351 e. The van der Waals surface area contributed by atoms with Crippen LogP contribution in [0.5, 0.6) is 0 Å². The van der Waals surface area contributed by atoms with Gasteiger partial charge in [-0.2, -0.15) is 5.10 Å². The van der Waals surface area contributed by atoms with Crippen molar-refractivity contribution in [3.63, 3.8) is 0 Å². The van der Waals surface area contributed by atoms with Gasteiger partial charge in [0.2, 0.25) is 0 Å². The van der Waals surface area contributed by atoms with Crippen molar-refractivity contribution >= 4 is 45.5 Å². The zero-order valence-corrected chi connectivity index (χ0v) is 23.7. The molecule has 5 aromatic rings. The number of carbonyl (C=O) groups is 2. The van der Waals surface area contributed by atoms with Crippen LogP contribution in [0, 0.1) is 5.92 Å². The molecule has 1 aliphatic carbocycles. The molecule has 0 spiro atoms. The molecule has 7 nitrogen and oxygen atoms in total. The molecule has 204 valence electrons. The van der Waals surface area contributed by atoms with E-state index in [1.165, 1.54) is 0 Å². The monoisotopic (exact) mass is 571 g/mol. The molecule has 6 rings (SSSR count). The van der Waals surface area contributed by atoms with Gasteiger partial charge in [0.1, 0.15) is 12.0 Å². The molecule has 3 atom stereocenters. The van der Waals surface area contributed by atoms with E-state index in [0.29, 0.717) is 27.7 Å². The van der Waals surface area contributed by atoms with E-state index >= 15 is 0 Å². The fourth-order valence-electron chi connectivity index (χ4n) is 5.91. The van der Waals surface area contributed by atoms with Crippen LogP contribution in [0.15, 0.2) is 67.0 Å². The third-order valence-corrected chi connectivity index (χ3v) is 9.62. The van der Waals surface area contributed by atoms with Gasteiger partial charge in [0.15, 0.2) is 11.6 Å². The number of benzene rings is 2. The van der Waals surface area contributed by atoms with Gasteiger partial charge in [-0.3, -0.25) is 14.7 Å². The molecule has 1 fully saturated rings. The summed E-state index contributed by atoms with van der Waals surface area (Å²) in [5, 5.41) is 11.9. The minimum absolute atomic E-state index is 0.0130. The summed E-state index contributed by atoms with van der Waals surface area (Å²) in [4.78, 5) is 37.3. The van der Waals surface area contributed by atoms with E-state index in [0.717, 1.165) is 52.8 Å². The number of aromatic nitrogens is 4. The van der Waals surface area contributed by atoms with Gasteiger partial charge in [0.25, 0.3) is 5.91 Å². The predicted octanol–water partition coefficient (Wildman–Crippen LogP) is 7.24. The number of aromatic amines is 2. The van der Waals surface area contributed by atoms with Crippen LogP contribution < -0.4 is 5.32 Å². The lowest BCUT2D eigenvalue weighted by Crippen LogP contribution is -2.38. The first-order chi connectivity index (χ1) is 19.5. The summed E-state index contributed by atoms with van der Waals surface area (Å²) in [6, 6.07) is 18.5. The van der Waals surface area contributed by atoms with E-state index in [1.807, 2.05) is 48.5 Å². The Hall–Kier alpha value is -3.75. The number of thiophene rings is 1. The maximum Gasteiger partial charge on any atom is 0.268 e.